The Morgan fingerprint density at radius 1 is 1.22 bits per heavy atom. The third kappa shape index (κ3) is 3.09. The second-order valence-corrected chi connectivity index (χ2v) is 5.64. The Labute approximate surface area is 125 Å². The van der Waals surface area contributed by atoms with Crippen LogP contribution in [-0.4, -0.2) is 0 Å². The number of benzene rings is 1. The van der Waals surface area contributed by atoms with E-state index in [1.165, 1.54) is 11.3 Å². The second kappa shape index (κ2) is 6.31. The molecule has 18 heavy (non-hydrogen) atoms. The molecule has 0 aliphatic heterocycles. The fourth-order valence-corrected chi connectivity index (χ4v) is 2.97. The first kappa shape index (κ1) is 15.1. The average Bonchev–Trinajstić information content (AvgIpc) is 2.69. The van der Waals surface area contributed by atoms with E-state index in [1.54, 1.807) is 24.3 Å². The van der Waals surface area contributed by atoms with Gasteiger partial charge in [-0.2, -0.15) is 5.26 Å². The van der Waals surface area contributed by atoms with Crippen molar-refractivity contribution in [3.05, 3.63) is 50.1 Å². The monoisotopic (exact) mass is 318 g/mol. The molecule has 1 atom stereocenters. The molecule has 0 spiro atoms. The maximum Gasteiger partial charge on any atom is 0.107 e. The van der Waals surface area contributed by atoms with Crippen LogP contribution in [0.2, 0.25) is 9.36 Å². The summed E-state index contributed by atoms with van der Waals surface area (Å²) in [6.07, 6.45) is 0. The number of nitriles is 1. The molecule has 2 rings (SSSR count). The largest absolute Gasteiger partial charge is 0.399 e. The van der Waals surface area contributed by atoms with E-state index in [0.717, 1.165) is 10.4 Å². The van der Waals surface area contributed by atoms with E-state index in [0.29, 0.717) is 15.0 Å². The Kier molecular flexibility index (Phi) is 5.30. The molecule has 0 saturated carbocycles. The van der Waals surface area contributed by atoms with Crippen molar-refractivity contribution in [3.63, 3.8) is 0 Å². The summed E-state index contributed by atoms with van der Waals surface area (Å²) in [6.45, 7) is 0. The predicted octanol–water partition coefficient (Wildman–Crippen LogP) is 4.71. The number of anilines is 1. The minimum absolute atomic E-state index is 0. The summed E-state index contributed by atoms with van der Waals surface area (Å²) in [5.41, 5.74) is 6.96. The molecule has 0 radical (unpaired) electrons. The third-order valence-corrected chi connectivity index (χ3v) is 3.97. The van der Waals surface area contributed by atoms with Gasteiger partial charge in [0.2, 0.25) is 0 Å². The Morgan fingerprint density at radius 3 is 2.44 bits per heavy atom. The van der Waals surface area contributed by atoms with Gasteiger partial charge in [0.25, 0.3) is 0 Å². The second-order valence-electron chi connectivity index (χ2n) is 3.48. The molecule has 2 aromatic rings. The molecule has 6 heteroatoms. The Balaban J connectivity index is 0.00000162. The summed E-state index contributed by atoms with van der Waals surface area (Å²) >= 11 is 13.4. The van der Waals surface area contributed by atoms with Crippen LogP contribution in [0.4, 0.5) is 5.69 Å². The van der Waals surface area contributed by atoms with E-state index < -0.39 is 5.92 Å². The minimum atomic E-state index is -0.402. The van der Waals surface area contributed by atoms with E-state index in [9.17, 15) is 5.26 Å². The first-order valence-electron chi connectivity index (χ1n) is 4.81. The van der Waals surface area contributed by atoms with E-state index in [4.69, 9.17) is 28.9 Å². The summed E-state index contributed by atoms with van der Waals surface area (Å²) in [4.78, 5) is 0.879. The lowest BCUT2D eigenvalue weighted by atomic mass is 9.99. The van der Waals surface area contributed by atoms with Gasteiger partial charge < -0.3 is 5.73 Å². The SMILES string of the molecule is Cl.N#CC(c1ccc(Cl)s1)c1ccc(N)cc1Cl. The number of thiophene rings is 1. The maximum absolute atomic E-state index is 9.26. The molecule has 0 bridgehead atoms. The van der Waals surface area contributed by atoms with Gasteiger partial charge in [0.1, 0.15) is 5.92 Å². The molecule has 1 aromatic carbocycles. The zero-order valence-electron chi connectivity index (χ0n) is 9.06. The molecule has 0 fully saturated rings. The third-order valence-electron chi connectivity index (χ3n) is 2.34. The number of rotatable bonds is 2. The number of nitrogens with two attached hydrogens (primary N) is 1. The van der Waals surface area contributed by atoms with Gasteiger partial charge in [-0.15, -0.1) is 23.7 Å². The van der Waals surface area contributed by atoms with E-state index in [2.05, 4.69) is 6.07 Å². The lowest BCUT2D eigenvalue weighted by Crippen LogP contribution is -1.97. The molecule has 2 N–H and O–H groups in total. The molecule has 1 unspecified atom stereocenters. The molecule has 1 heterocycles. The fourth-order valence-electron chi connectivity index (χ4n) is 1.55. The zero-order valence-corrected chi connectivity index (χ0v) is 12.2. The van der Waals surface area contributed by atoms with Crippen LogP contribution in [0.25, 0.3) is 0 Å². The average molecular weight is 320 g/mol. The molecular weight excluding hydrogens is 311 g/mol. The van der Waals surface area contributed by atoms with E-state index in [1.807, 2.05) is 6.07 Å². The lowest BCUT2D eigenvalue weighted by Gasteiger charge is -2.09. The van der Waals surface area contributed by atoms with Crippen LogP contribution in [0.1, 0.15) is 16.4 Å². The first-order valence-corrected chi connectivity index (χ1v) is 6.39. The van der Waals surface area contributed by atoms with Gasteiger partial charge >= 0.3 is 0 Å². The smallest absolute Gasteiger partial charge is 0.107 e. The number of nitrogens with zero attached hydrogens (tertiary/aromatic N) is 1. The Morgan fingerprint density at radius 2 is 1.94 bits per heavy atom. The van der Waals surface area contributed by atoms with Gasteiger partial charge in [-0.3, -0.25) is 0 Å². The van der Waals surface area contributed by atoms with Gasteiger partial charge in [-0.05, 0) is 29.8 Å². The van der Waals surface area contributed by atoms with Crippen molar-refractivity contribution >= 4 is 52.6 Å². The van der Waals surface area contributed by atoms with Crippen molar-refractivity contribution in [3.8, 4) is 6.07 Å². The highest BCUT2D eigenvalue weighted by atomic mass is 35.5. The van der Waals surface area contributed by atoms with Crippen LogP contribution < -0.4 is 5.73 Å². The molecule has 0 saturated heterocycles. The molecule has 0 aliphatic carbocycles. The minimum Gasteiger partial charge on any atom is -0.399 e. The Bertz CT molecular complexity index is 589. The molecule has 2 nitrogen and oxygen atoms in total. The van der Waals surface area contributed by atoms with Crippen LogP contribution in [0.15, 0.2) is 30.3 Å². The maximum atomic E-state index is 9.26. The van der Waals surface area contributed by atoms with Crippen molar-refractivity contribution < 1.29 is 0 Å². The van der Waals surface area contributed by atoms with Crippen LogP contribution in [0, 0.1) is 11.3 Å². The quantitative estimate of drug-likeness (QED) is 0.815. The van der Waals surface area contributed by atoms with Crippen molar-refractivity contribution in [1.29, 1.82) is 5.26 Å². The van der Waals surface area contributed by atoms with Crippen molar-refractivity contribution in [1.82, 2.24) is 0 Å². The van der Waals surface area contributed by atoms with E-state index >= 15 is 0 Å². The molecule has 1 aromatic heterocycles. The highest BCUT2D eigenvalue weighted by molar-refractivity contribution is 7.16. The van der Waals surface area contributed by atoms with Crippen molar-refractivity contribution in [2.24, 2.45) is 0 Å². The van der Waals surface area contributed by atoms with Crippen LogP contribution >= 0.6 is 46.9 Å². The number of halogens is 3. The lowest BCUT2D eigenvalue weighted by molar-refractivity contribution is 1.07. The van der Waals surface area contributed by atoms with Gasteiger partial charge in [-0.25, -0.2) is 0 Å². The van der Waals surface area contributed by atoms with Gasteiger partial charge in [0.05, 0.1) is 10.4 Å². The number of hydrogen-bond donors (Lipinski definition) is 1. The summed E-state index contributed by atoms with van der Waals surface area (Å²) in [7, 11) is 0. The van der Waals surface area contributed by atoms with Crippen LogP contribution in [0.3, 0.4) is 0 Å². The van der Waals surface area contributed by atoms with Crippen molar-refractivity contribution in [2.75, 3.05) is 5.73 Å². The first-order chi connectivity index (χ1) is 8.11. The number of hydrogen-bond acceptors (Lipinski definition) is 3. The van der Waals surface area contributed by atoms with Gasteiger partial charge in [0, 0.05) is 15.6 Å². The zero-order chi connectivity index (χ0) is 12.4. The van der Waals surface area contributed by atoms with Gasteiger partial charge in [-0.1, -0.05) is 29.3 Å². The molecule has 0 amide bonds. The highest BCUT2D eigenvalue weighted by Gasteiger charge is 2.18. The molecular formula is C12H9Cl3N2S. The summed E-state index contributed by atoms with van der Waals surface area (Å²) in [5, 5.41) is 9.76. The molecule has 0 aliphatic rings. The standard InChI is InChI=1S/C12H8Cl2N2S.ClH/c13-10-5-7(16)1-2-8(10)9(6-15)11-3-4-12(14)17-11;/h1-5,9H,16H2;1H. The van der Waals surface area contributed by atoms with E-state index in [-0.39, 0.29) is 12.4 Å². The number of nitrogen functional groups attached to an aromatic ring is 1. The topological polar surface area (TPSA) is 49.8 Å². The summed E-state index contributed by atoms with van der Waals surface area (Å²) in [5.74, 6) is -0.402. The Hall–Kier alpha value is -0.920. The summed E-state index contributed by atoms with van der Waals surface area (Å²) in [6, 6.07) is 11.0. The van der Waals surface area contributed by atoms with Crippen LogP contribution in [0.5, 0.6) is 0 Å². The van der Waals surface area contributed by atoms with Crippen molar-refractivity contribution in [2.45, 2.75) is 5.92 Å². The molecule has 94 valence electrons. The normalized spacial score (nSPS) is 11.4. The predicted molar refractivity (Wildman–Crippen MR) is 79.9 cm³/mol. The van der Waals surface area contributed by atoms with Gasteiger partial charge in [0.15, 0.2) is 0 Å². The van der Waals surface area contributed by atoms with Crippen LogP contribution in [-0.2, 0) is 0 Å². The summed E-state index contributed by atoms with van der Waals surface area (Å²) < 4.78 is 0.659. The highest BCUT2D eigenvalue weighted by Crippen LogP contribution is 2.35. The fraction of sp³-hybridized carbons (Fsp3) is 0.0833.